The van der Waals surface area contributed by atoms with Crippen molar-refractivity contribution in [2.45, 2.75) is 26.8 Å². The predicted octanol–water partition coefficient (Wildman–Crippen LogP) is 3.80. The first-order chi connectivity index (χ1) is 14.2. The molecule has 0 aliphatic rings. The maximum Gasteiger partial charge on any atom is 0.222 e. The van der Waals surface area contributed by atoms with Gasteiger partial charge in [0.25, 0.3) is 0 Å². The molecule has 0 fully saturated rings. The molecule has 0 unspecified atom stereocenters. The number of benzene rings is 2. The SMILES string of the molecule is CCNC(=NCCC(=O)NCc1ccccc1)Nc1ccc(OCC)c(OC)c1.I. The first kappa shape index (κ1) is 25.5. The number of nitrogens with one attached hydrogen (secondary N) is 3. The van der Waals surface area contributed by atoms with Crippen LogP contribution in [0.5, 0.6) is 11.5 Å². The summed E-state index contributed by atoms with van der Waals surface area (Å²) in [5.74, 6) is 1.91. The van der Waals surface area contributed by atoms with E-state index in [0.717, 1.165) is 11.3 Å². The molecule has 8 heteroatoms. The fourth-order valence-corrected chi connectivity index (χ4v) is 2.62. The summed E-state index contributed by atoms with van der Waals surface area (Å²) < 4.78 is 10.9. The van der Waals surface area contributed by atoms with Crippen molar-refractivity contribution >= 4 is 41.5 Å². The van der Waals surface area contributed by atoms with Gasteiger partial charge in [-0.25, -0.2) is 0 Å². The van der Waals surface area contributed by atoms with Crippen LogP contribution in [0.1, 0.15) is 25.8 Å². The number of nitrogens with zero attached hydrogens (tertiary/aromatic N) is 1. The van der Waals surface area contributed by atoms with Crippen molar-refractivity contribution in [2.24, 2.45) is 4.99 Å². The zero-order chi connectivity index (χ0) is 20.9. The molecule has 0 saturated carbocycles. The van der Waals surface area contributed by atoms with Crippen molar-refractivity contribution in [3.8, 4) is 11.5 Å². The van der Waals surface area contributed by atoms with Gasteiger partial charge in [-0.2, -0.15) is 0 Å². The Morgan fingerprint density at radius 2 is 1.80 bits per heavy atom. The van der Waals surface area contributed by atoms with Crippen molar-refractivity contribution in [3.05, 3.63) is 54.1 Å². The van der Waals surface area contributed by atoms with Gasteiger partial charge in [-0.3, -0.25) is 9.79 Å². The average molecular weight is 526 g/mol. The van der Waals surface area contributed by atoms with Crippen molar-refractivity contribution < 1.29 is 14.3 Å². The molecule has 0 heterocycles. The second kappa shape index (κ2) is 14.5. The minimum atomic E-state index is -0.0313. The molecule has 0 spiro atoms. The van der Waals surface area contributed by atoms with Gasteiger partial charge in [-0.05, 0) is 31.5 Å². The Kier molecular flexibility index (Phi) is 12.3. The molecule has 0 aliphatic carbocycles. The number of hydrogen-bond acceptors (Lipinski definition) is 4. The lowest BCUT2D eigenvalue weighted by molar-refractivity contribution is -0.121. The molecule has 0 bridgehead atoms. The largest absolute Gasteiger partial charge is 0.493 e. The van der Waals surface area contributed by atoms with Crippen LogP contribution < -0.4 is 25.4 Å². The first-order valence-electron chi connectivity index (χ1n) is 9.83. The molecule has 2 aromatic carbocycles. The fraction of sp³-hybridized carbons (Fsp3) is 0.364. The minimum absolute atomic E-state index is 0. The molecule has 0 radical (unpaired) electrons. The van der Waals surface area contributed by atoms with Gasteiger partial charge in [0.15, 0.2) is 17.5 Å². The quantitative estimate of drug-likeness (QED) is 0.249. The van der Waals surface area contributed by atoms with Crippen LogP contribution in [0.2, 0.25) is 0 Å². The Hall–Kier alpha value is -2.49. The third-order valence-corrected chi connectivity index (χ3v) is 4.01. The van der Waals surface area contributed by atoms with E-state index in [4.69, 9.17) is 9.47 Å². The minimum Gasteiger partial charge on any atom is -0.493 e. The lowest BCUT2D eigenvalue weighted by Crippen LogP contribution is -2.31. The van der Waals surface area contributed by atoms with E-state index in [9.17, 15) is 4.79 Å². The maximum atomic E-state index is 12.0. The maximum absolute atomic E-state index is 12.0. The van der Waals surface area contributed by atoms with Gasteiger partial charge in [0.2, 0.25) is 5.91 Å². The highest BCUT2D eigenvalue weighted by atomic mass is 127. The summed E-state index contributed by atoms with van der Waals surface area (Å²) in [6, 6.07) is 15.4. The lowest BCUT2D eigenvalue weighted by Gasteiger charge is -2.14. The van der Waals surface area contributed by atoms with Crippen molar-refractivity contribution in [3.63, 3.8) is 0 Å². The number of rotatable bonds is 10. The Labute approximate surface area is 195 Å². The van der Waals surface area contributed by atoms with E-state index < -0.39 is 0 Å². The fourth-order valence-electron chi connectivity index (χ4n) is 2.62. The van der Waals surface area contributed by atoms with Crippen LogP contribution in [0.25, 0.3) is 0 Å². The van der Waals surface area contributed by atoms with Crippen LogP contribution in [0.3, 0.4) is 0 Å². The number of amides is 1. The highest BCUT2D eigenvalue weighted by Gasteiger charge is 2.07. The third-order valence-electron chi connectivity index (χ3n) is 4.01. The summed E-state index contributed by atoms with van der Waals surface area (Å²) in [7, 11) is 1.61. The number of carbonyl (C=O) groups is 1. The molecule has 164 valence electrons. The van der Waals surface area contributed by atoms with Gasteiger partial charge >= 0.3 is 0 Å². The molecule has 0 saturated heterocycles. The predicted molar refractivity (Wildman–Crippen MR) is 132 cm³/mol. The van der Waals surface area contributed by atoms with Gasteiger partial charge in [0.1, 0.15) is 0 Å². The zero-order valence-corrected chi connectivity index (χ0v) is 20.1. The number of halogens is 1. The van der Waals surface area contributed by atoms with E-state index in [1.165, 1.54) is 0 Å². The molecular weight excluding hydrogens is 495 g/mol. The summed E-state index contributed by atoms with van der Waals surface area (Å²) >= 11 is 0. The van der Waals surface area contributed by atoms with E-state index in [0.29, 0.717) is 50.1 Å². The van der Waals surface area contributed by atoms with Crippen LogP contribution in [0.15, 0.2) is 53.5 Å². The highest BCUT2D eigenvalue weighted by Crippen LogP contribution is 2.30. The number of aliphatic imine (C=N–C) groups is 1. The molecule has 7 nitrogen and oxygen atoms in total. The monoisotopic (exact) mass is 526 g/mol. The van der Waals surface area contributed by atoms with E-state index in [1.54, 1.807) is 7.11 Å². The zero-order valence-electron chi connectivity index (χ0n) is 17.7. The van der Waals surface area contributed by atoms with E-state index >= 15 is 0 Å². The molecule has 30 heavy (non-hydrogen) atoms. The first-order valence-corrected chi connectivity index (χ1v) is 9.83. The molecule has 2 aromatic rings. The summed E-state index contributed by atoms with van der Waals surface area (Å²) in [6.45, 7) is 6.09. The molecule has 0 aromatic heterocycles. The van der Waals surface area contributed by atoms with Gasteiger partial charge in [0, 0.05) is 31.3 Å². The van der Waals surface area contributed by atoms with Crippen molar-refractivity contribution in [1.29, 1.82) is 0 Å². The van der Waals surface area contributed by atoms with Crippen molar-refractivity contribution in [2.75, 3.05) is 32.1 Å². The summed E-state index contributed by atoms with van der Waals surface area (Å²) in [6.07, 6.45) is 0.315. The number of hydrogen-bond donors (Lipinski definition) is 3. The second-order valence-corrected chi connectivity index (χ2v) is 6.20. The van der Waals surface area contributed by atoms with Gasteiger partial charge < -0.3 is 25.4 Å². The highest BCUT2D eigenvalue weighted by molar-refractivity contribution is 14.0. The average Bonchev–Trinajstić information content (AvgIpc) is 2.74. The molecular formula is C22H31IN4O3. The van der Waals surface area contributed by atoms with Crippen LogP contribution >= 0.6 is 24.0 Å². The van der Waals surface area contributed by atoms with E-state index in [2.05, 4.69) is 20.9 Å². The van der Waals surface area contributed by atoms with Crippen LogP contribution in [-0.4, -0.2) is 38.7 Å². The number of anilines is 1. The standard InChI is InChI=1S/C22H30N4O3.HI/c1-4-23-22(26-18-11-12-19(29-5-2)20(15-18)28-3)24-14-13-21(27)25-16-17-9-7-6-8-10-17;/h6-12,15H,4-5,13-14,16H2,1-3H3,(H,25,27)(H2,23,24,26);1H. The molecule has 0 atom stereocenters. The summed E-state index contributed by atoms with van der Waals surface area (Å²) in [5.41, 5.74) is 1.89. The van der Waals surface area contributed by atoms with Gasteiger partial charge in [0.05, 0.1) is 20.3 Å². The number of carbonyl (C=O) groups excluding carboxylic acids is 1. The lowest BCUT2D eigenvalue weighted by atomic mass is 10.2. The second-order valence-electron chi connectivity index (χ2n) is 6.20. The van der Waals surface area contributed by atoms with Crippen LogP contribution in [-0.2, 0) is 11.3 Å². The summed E-state index contributed by atoms with van der Waals surface area (Å²) in [5, 5.41) is 9.31. The molecule has 1 amide bonds. The smallest absolute Gasteiger partial charge is 0.222 e. The number of methoxy groups -OCH3 is 1. The molecule has 0 aliphatic heterocycles. The Balaban J connectivity index is 0.00000450. The number of ether oxygens (including phenoxy) is 2. The van der Waals surface area contributed by atoms with E-state index in [-0.39, 0.29) is 29.9 Å². The third kappa shape index (κ3) is 8.89. The van der Waals surface area contributed by atoms with Crippen LogP contribution in [0.4, 0.5) is 5.69 Å². The van der Waals surface area contributed by atoms with Gasteiger partial charge in [-0.1, -0.05) is 30.3 Å². The molecule has 3 N–H and O–H groups in total. The Morgan fingerprint density at radius 3 is 2.47 bits per heavy atom. The topological polar surface area (TPSA) is 84.0 Å². The normalized spacial score (nSPS) is 10.6. The Bertz CT molecular complexity index is 800. The Morgan fingerprint density at radius 1 is 1.03 bits per heavy atom. The van der Waals surface area contributed by atoms with Crippen molar-refractivity contribution in [1.82, 2.24) is 10.6 Å². The van der Waals surface area contributed by atoms with Gasteiger partial charge in [-0.15, -0.1) is 24.0 Å². The summed E-state index contributed by atoms with van der Waals surface area (Å²) in [4.78, 5) is 16.5. The van der Waals surface area contributed by atoms with Crippen LogP contribution in [0, 0.1) is 0 Å². The number of guanidine groups is 1. The van der Waals surface area contributed by atoms with E-state index in [1.807, 2.05) is 62.4 Å². The molecule has 2 rings (SSSR count).